The van der Waals surface area contributed by atoms with Crippen LogP contribution in [0.25, 0.3) is 33.3 Å². The highest BCUT2D eigenvalue weighted by Crippen LogP contribution is 2.41. The fourth-order valence-corrected chi connectivity index (χ4v) is 7.15. The Morgan fingerprint density at radius 1 is 1.16 bits per heavy atom. The van der Waals surface area contributed by atoms with Crippen molar-refractivity contribution in [2.45, 2.75) is 6.04 Å². The normalized spacial score (nSPS) is 20.5. The molecule has 5 heterocycles. The van der Waals surface area contributed by atoms with Gasteiger partial charge >= 0.3 is 0 Å². The van der Waals surface area contributed by atoms with E-state index >= 15 is 8.78 Å². The number of ether oxygens (including phenoxy) is 2. The Hall–Kier alpha value is -4.57. The number of hydrogen-bond acceptors (Lipinski definition) is 8. The van der Waals surface area contributed by atoms with Gasteiger partial charge in [0.1, 0.15) is 29.7 Å². The van der Waals surface area contributed by atoms with Crippen molar-refractivity contribution >= 4 is 28.2 Å². The number of nitrogens with zero attached hydrogens (tertiary/aromatic N) is 5. The third kappa shape index (κ3) is 4.79. The number of aromatic amines is 1. The van der Waals surface area contributed by atoms with E-state index in [0.717, 1.165) is 61.9 Å². The summed E-state index contributed by atoms with van der Waals surface area (Å²) in [5.74, 6) is -1.36. The summed E-state index contributed by atoms with van der Waals surface area (Å²) in [5, 5.41) is 20.6. The second-order valence-corrected chi connectivity index (χ2v) is 12.7. The van der Waals surface area contributed by atoms with E-state index in [1.54, 1.807) is 12.1 Å². The van der Waals surface area contributed by atoms with Gasteiger partial charge < -0.3 is 24.6 Å². The molecule has 1 unspecified atom stereocenters. The molecule has 0 bridgehead atoms. The number of carbonyl (C=O) groups is 1. The minimum Gasteiger partial charge on any atom is -0.489 e. The number of halogens is 2. The maximum Gasteiger partial charge on any atom is 0.238 e. The van der Waals surface area contributed by atoms with Crippen LogP contribution in [0, 0.1) is 28.4 Å². The van der Waals surface area contributed by atoms with Crippen molar-refractivity contribution in [3.63, 3.8) is 0 Å². The van der Waals surface area contributed by atoms with Gasteiger partial charge in [0, 0.05) is 60.3 Å². The van der Waals surface area contributed by atoms with Crippen molar-refractivity contribution in [2.75, 3.05) is 76.4 Å². The fraction of sp³-hybridized carbons (Fsp3) is 0.364. The number of hydrogen-bond donors (Lipinski definition) is 2. The summed E-state index contributed by atoms with van der Waals surface area (Å²) in [6.07, 6.45) is 0. The summed E-state index contributed by atoms with van der Waals surface area (Å²) in [6, 6.07) is 13.6. The second-order valence-electron chi connectivity index (χ2n) is 12.7. The maximum absolute atomic E-state index is 15.6. The first-order chi connectivity index (χ1) is 21.8. The number of anilines is 2. The largest absolute Gasteiger partial charge is 0.489 e. The molecule has 1 atom stereocenters. The minimum absolute atomic E-state index is 0.0150. The molecular formula is C33H31F2N7O3. The highest BCUT2D eigenvalue weighted by molar-refractivity contribution is 5.98. The number of nitriles is 1. The van der Waals surface area contributed by atoms with Crippen LogP contribution in [0.4, 0.5) is 20.2 Å². The number of piperazine rings is 1. The molecule has 2 N–H and O–H groups in total. The van der Waals surface area contributed by atoms with E-state index in [1.165, 1.54) is 0 Å². The van der Waals surface area contributed by atoms with Gasteiger partial charge in [0.05, 0.1) is 54.2 Å². The van der Waals surface area contributed by atoms with Crippen LogP contribution < -0.4 is 15.0 Å². The summed E-state index contributed by atoms with van der Waals surface area (Å²) in [4.78, 5) is 19.2. The first-order valence-electron chi connectivity index (χ1n) is 15.0. The van der Waals surface area contributed by atoms with Crippen molar-refractivity contribution in [1.82, 2.24) is 20.0 Å². The zero-order valence-corrected chi connectivity index (χ0v) is 24.7. The fourth-order valence-electron chi connectivity index (χ4n) is 7.15. The number of H-pyrrole nitrogens is 1. The van der Waals surface area contributed by atoms with Gasteiger partial charge in [-0.2, -0.15) is 10.4 Å². The number of rotatable bonds is 5. The van der Waals surface area contributed by atoms with Crippen molar-refractivity contribution < 1.29 is 23.0 Å². The van der Waals surface area contributed by atoms with Crippen molar-refractivity contribution in [3.8, 4) is 34.2 Å². The Bertz CT molecular complexity index is 1870. The molecule has 45 heavy (non-hydrogen) atoms. The maximum atomic E-state index is 15.6. The quantitative estimate of drug-likeness (QED) is 0.351. The lowest BCUT2D eigenvalue weighted by atomic mass is 9.78. The standard InChI is InChI=1S/C33H31F2N7O3/c1-40-4-5-42-22(12-40)14-45-29-7-19(2-3-28(29)42)32-24-10-23(20(11-36)6-27(24)38-39-32)31-25(34)8-21(9-26(31)35)37-30(43)13-41-15-33(16-41)17-44-18-33/h2-3,6-10,22H,4-5,12-18H2,1H3,(H,37,43)(H,38,39). The summed E-state index contributed by atoms with van der Waals surface area (Å²) < 4.78 is 42.6. The number of benzene rings is 3. The van der Waals surface area contributed by atoms with Crippen LogP contribution in [0.2, 0.25) is 0 Å². The molecule has 0 radical (unpaired) electrons. The summed E-state index contributed by atoms with van der Waals surface area (Å²) in [5.41, 5.74) is 2.98. The molecule has 0 saturated carbocycles. The van der Waals surface area contributed by atoms with Crippen LogP contribution in [-0.4, -0.2) is 98.1 Å². The average Bonchev–Trinajstić information content (AvgIpc) is 3.39. The number of amides is 1. The molecule has 4 aliphatic rings. The number of carbonyl (C=O) groups excluding carboxylic acids is 1. The highest BCUT2D eigenvalue weighted by Gasteiger charge is 2.49. The molecule has 8 rings (SSSR count). The van der Waals surface area contributed by atoms with Gasteiger partial charge in [-0.3, -0.25) is 14.8 Å². The Kier molecular flexibility index (Phi) is 6.53. The van der Waals surface area contributed by atoms with Crippen molar-refractivity contribution in [1.29, 1.82) is 5.26 Å². The highest BCUT2D eigenvalue weighted by atomic mass is 19.1. The van der Waals surface area contributed by atoms with Gasteiger partial charge in [0.15, 0.2) is 0 Å². The molecule has 1 aromatic heterocycles. The second kappa shape index (κ2) is 10.5. The van der Waals surface area contributed by atoms with E-state index < -0.39 is 11.6 Å². The van der Waals surface area contributed by atoms with Crippen LogP contribution in [0.3, 0.4) is 0 Å². The lowest BCUT2D eigenvalue weighted by Gasteiger charge is -2.54. The number of aromatic nitrogens is 2. The van der Waals surface area contributed by atoms with Gasteiger partial charge in [0.2, 0.25) is 5.91 Å². The molecule has 1 amide bonds. The van der Waals surface area contributed by atoms with Crippen LogP contribution in [0.5, 0.6) is 5.75 Å². The number of likely N-dealkylation sites (N-methyl/N-ethyl adjacent to an activating group) is 1. The summed E-state index contributed by atoms with van der Waals surface area (Å²) in [7, 11) is 2.11. The first kappa shape index (κ1) is 27.9. The van der Waals surface area contributed by atoms with E-state index in [9.17, 15) is 10.1 Å². The number of nitrogens with one attached hydrogen (secondary N) is 2. The van der Waals surface area contributed by atoms with Gasteiger partial charge in [-0.05, 0) is 43.4 Å². The molecule has 0 aliphatic carbocycles. The molecule has 10 nitrogen and oxygen atoms in total. The third-order valence-corrected chi connectivity index (χ3v) is 9.38. The van der Waals surface area contributed by atoms with Crippen LogP contribution >= 0.6 is 0 Å². The van der Waals surface area contributed by atoms with E-state index in [2.05, 4.69) is 38.4 Å². The monoisotopic (exact) mass is 611 g/mol. The topological polar surface area (TPSA) is 110 Å². The molecule has 4 aromatic rings. The minimum atomic E-state index is -0.885. The van der Waals surface area contributed by atoms with Crippen molar-refractivity contribution in [3.05, 3.63) is 59.7 Å². The summed E-state index contributed by atoms with van der Waals surface area (Å²) in [6.45, 7) is 6.50. The van der Waals surface area contributed by atoms with E-state index in [4.69, 9.17) is 9.47 Å². The van der Waals surface area contributed by atoms with Gasteiger partial charge in [0.25, 0.3) is 0 Å². The van der Waals surface area contributed by atoms with Gasteiger partial charge in [-0.15, -0.1) is 0 Å². The first-order valence-corrected chi connectivity index (χ1v) is 15.0. The Labute approximate surface area is 258 Å². The van der Waals surface area contributed by atoms with Crippen molar-refractivity contribution in [2.24, 2.45) is 5.41 Å². The molecule has 12 heteroatoms. The molecule has 230 valence electrons. The smallest absolute Gasteiger partial charge is 0.238 e. The van der Waals surface area contributed by atoms with Crippen LogP contribution in [0.1, 0.15) is 5.56 Å². The molecule has 3 saturated heterocycles. The molecule has 4 aliphatic heterocycles. The van der Waals surface area contributed by atoms with Crippen LogP contribution in [-0.2, 0) is 9.53 Å². The van der Waals surface area contributed by atoms with Gasteiger partial charge in [-0.25, -0.2) is 8.78 Å². The lowest BCUT2D eigenvalue weighted by Crippen LogP contribution is -2.66. The molecule has 3 fully saturated rings. The third-order valence-electron chi connectivity index (χ3n) is 9.38. The number of likely N-dealkylation sites (tertiary alicyclic amines) is 1. The Morgan fingerprint density at radius 2 is 1.96 bits per heavy atom. The zero-order chi connectivity index (χ0) is 30.9. The summed E-state index contributed by atoms with van der Waals surface area (Å²) >= 11 is 0. The van der Waals surface area contributed by atoms with E-state index in [-0.39, 0.29) is 40.2 Å². The van der Waals surface area contributed by atoms with Gasteiger partial charge in [-0.1, -0.05) is 6.07 Å². The molecular weight excluding hydrogens is 580 g/mol. The number of fused-ring (bicyclic) bond motifs is 4. The lowest BCUT2D eigenvalue weighted by molar-refractivity contribution is -0.188. The predicted molar refractivity (Wildman–Crippen MR) is 164 cm³/mol. The zero-order valence-electron chi connectivity index (χ0n) is 24.7. The molecule has 3 aromatic carbocycles. The Balaban J connectivity index is 1.08. The SMILES string of the molecule is CN1CCN2c3ccc(-c4n[nH]c5cc(C#N)c(-c6c(F)cc(NC(=O)CN7CC8(COC8)C7)cc6F)cc45)cc3OCC2C1. The van der Waals surface area contributed by atoms with Crippen LogP contribution in [0.15, 0.2) is 42.5 Å². The van der Waals surface area contributed by atoms with E-state index in [0.29, 0.717) is 42.5 Å². The Morgan fingerprint density at radius 3 is 2.69 bits per heavy atom. The predicted octanol–water partition coefficient (Wildman–Crippen LogP) is 3.83. The van der Waals surface area contributed by atoms with E-state index in [1.807, 2.05) is 23.1 Å². The molecule has 1 spiro atoms. The average molecular weight is 612 g/mol.